The first-order valence-electron chi connectivity index (χ1n) is 9.98. The molecule has 0 unspecified atom stereocenters. The number of nitrogens with one attached hydrogen (secondary N) is 1. The van der Waals surface area contributed by atoms with Gasteiger partial charge in [-0.15, -0.1) is 0 Å². The zero-order chi connectivity index (χ0) is 22.5. The van der Waals surface area contributed by atoms with Crippen molar-refractivity contribution >= 4 is 23.2 Å². The normalized spacial score (nSPS) is 13.4. The van der Waals surface area contributed by atoms with Crippen LogP contribution in [0.4, 0.5) is 4.39 Å². The summed E-state index contributed by atoms with van der Waals surface area (Å²) in [5, 5.41) is 0.966. The van der Waals surface area contributed by atoms with Crippen LogP contribution < -0.4 is 4.74 Å². The smallest absolute Gasteiger partial charge is 0.145 e. The van der Waals surface area contributed by atoms with E-state index in [0.717, 1.165) is 22.4 Å². The summed E-state index contributed by atoms with van der Waals surface area (Å²) >= 11 is 12.2. The Morgan fingerprint density at radius 1 is 0.969 bits per heavy atom. The van der Waals surface area contributed by atoms with E-state index in [1.54, 1.807) is 12.1 Å². The summed E-state index contributed by atoms with van der Waals surface area (Å²) in [5.74, 6) is 6.89. The van der Waals surface area contributed by atoms with Gasteiger partial charge in [0, 0.05) is 21.7 Å². The van der Waals surface area contributed by atoms with E-state index in [4.69, 9.17) is 32.9 Å². The van der Waals surface area contributed by atoms with Crippen molar-refractivity contribution in [1.29, 1.82) is 0 Å². The summed E-state index contributed by atoms with van der Waals surface area (Å²) < 4.78 is 20.8. The summed E-state index contributed by atoms with van der Waals surface area (Å²) in [6.07, 6.45) is 0. The number of fused-ring (bicyclic) bond motifs is 3. The summed E-state index contributed by atoms with van der Waals surface area (Å²) in [7, 11) is 0. The molecule has 0 saturated heterocycles. The van der Waals surface area contributed by atoms with Crippen LogP contribution in [0.3, 0.4) is 0 Å². The van der Waals surface area contributed by atoms with Crippen molar-refractivity contribution in [2.45, 2.75) is 19.4 Å². The van der Waals surface area contributed by atoms with E-state index in [9.17, 15) is 4.39 Å². The van der Waals surface area contributed by atoms with Crippen molar-refractivity contribution in [3.05, 3.63) is 93.3 Å². The predicted octanol–water partition coefficient (Wildman–Crippen LogP) is 7.22. The van der Waals surface area contributed by atoms with Gasteiger partial charge < -0.3 is 9.72 Å². The lowest BCUT2D eigenvalue weighted by molar-refractivity contribution is 0.101. The Morgan fingerprint density at radius 2 is 1.69 bits per heavy atom. The number of aromatic amines is 1. The fourth-order valence-electron chi connectivity index (χ4n) is 3.73. The third-order valence-electron chi connectivity index (χ3n) is 5.30. The van der Waals surface area contributed by atoms with Crippen LogP contribution in [0, 0.1) is 17.7 Å². The molecule has 4 aromatic rings. The van der Waals surface area contributed by atoms with Gasteiger partial charge in [-0.05, 0) is 68.4 Å². The van der Waals surface area contributed by atoms with Crippen molar-refractivity contribution < 1.29 is 9.13 Å². The first-order chi connectivity index (χ1) is 15.3. The van der Waals surface area contributed by atoms with E-state index >= 15 is 0 Å². The number of benzene rings is 3. The molecule has 3 aromatic carbocycles. The maximum atomic E-state index is 14.5. The van der Waals surface area contributed by atoms with Crippen LogP contribution in [0.25, 0.3) is 22.6 Å². The fraction of sp³-hybridized carbons (Fsp3) is 0.115. The third kappa shape index (κ3) is 3.64. The van der Waals surface area contributed by atoms with Crippen LogP contribution in [0.1, 0.15) is 30.7 Å². The third-order valence-corrected chi connectivity index (χ3v) is 5.87. The van der Waals surface area contributed by atoms with Crippen LogP contribution in [0.5, 0.6) is 5.75 Å². The molecule has 6 heteroatoms. The zero-order valence-corrected chi connectivity index (χ0v) is 18.8. The topological polar surface area (TPSA) is 37.9 Å². The van der Waals surface area contributed by atoms with Crippen molar-refractivity contribution in [3.63, 3.8) is 0 Å². The molecule has 3 nitrogen and oxygen atoms in total. The molecule has 1 aliphatic heterocycles. The summed E-state index contributed by atoms with van der Waals surface area (Å²) in [4.78, 5) is 7.93. The van der Waals surface area contributed by atoms with E-state index < -0.39 is 11.4 Å². The van der Waals surface area contributed by atoms with Crippen molar-refractivity contribution in [3.8, 4) is 40.2 Å². The molecule has 0 radical (unpaired) electrons. The molecular formula is C26H17Cl2FN2O. The van der Waals surface area contributed by atoms with Crippen LogP contribution in [-0.2, 0) is 5.60 Å². The van der Waals surface area contributed by atoms with Crippen molar-refractivity contribution in [2.24, 2.45) is 0 Å². The molecule has 5 rings (SSSR count). The minimum atomic E-state index is -0.701. The highest BCUT2D eigenvalue weighted by Gasteiger charge is 2.36. The van der Waals surface area contributed by atoms with Gasteiger partial charge >= 0.3 is 0 Å². The predicted molar refractivity (Wildman–Crippen MR) is 126 cm³/mol. The van der Waals surface area contributed by atoms with Gasteiger partial charge in [0.1, 0.15) is 23.0 Å². The van der Waals surface area contributed by atoms with E-state index in [1.807, 2.05) is 56.3 Å². The Hall–Kier alpha value is -3.26. The SMILES string of the molecule is CC1(C)Oc2cc(C#Cc3ccc(Cl)cc3)ccc2-c2nc(-c3c(F)cccc3Cl)[nH]c21. The monoisotopic (exact) mass is 462 g/mol. The second-order valence-electron chi connectivity index (χ2n) is 7.99. The summed E-state index contributed by atoms with van der Waals surface area (Å²) in [6.45, 7) is 3.87. The number of rotatable bonds is 1. The lowest BCUT2D eigenvalue weighted by Crippen LogP contribution is -2.29. The first kappa shape index (κ1) is 20.6. The van der Waals surface area contributed by atoms with Crippen LogP contribution >= 0.6 is 23.2 Å². The molecule has 0 fully saturated rings. The quantitative estimate of drug-likeness (QED) is 0.303. The first-order valence-corrected chi connectivity index (χ1v) is 10.7. The summed E-state index contributed by atoms with van der Waals surface area (Å²) in [6, 6.07) is 17.7. The van der Waals surface area contributed by atoms with E-state index in [1.165, 1.54) is 6.07 Å². The Kier molecular flexibility index (Phi) is 4.97. The van der Waals surface area contributed by atoms with Gasteiger partial charge in [-0.3, -0.25) is 0 Å². The number of ether oxygens (including phenoxy) is 1. The van der Waals surface area contributed by atoms with Gasteiger partial charge in [-0.2, -0.15) is 0 Å². The standard InChI is InChI=1S/C26H17Cl2FN2O/c1-26(2)24-23(30-25(31-24)22-19(28)4-3-5-20(22)29)18-13-10-16(14-21(18)32-26)7-6-15-8-11-17(27)12-9-15/h3-5,8-14H,1-2H3,(H,30,31). The fourth-order valence-corrected chi connectivity index (χ4v) is 4.11. The Bertz CT molecular complexity index is 1390. The average molecular weight is 463 g/mol. The van der Waals surface area contributed by atoms with Gasteiger partial charge in [0.15, 0.2) is 0 Å². The molecule has 0 spiro atoms. The lowest BCUT2D eigenvalue weighted by atomic mass is 9.94. The molecule has 158 valence electrons. The number of hydrogen-bond acceptors (Lipinski definition) is 2. The Labute approximate surface area is 195 Å². The van der Waals surface area contributed by atoms with E-state index in [0.29, 0.717) is 27.3 Å². The molecule has 1 aromatic heterocycles. The van der Waals surface area contributed by atoms with E-state index in [-0.39, 0.29) is 5.56 Å². The van der Waals surface area contributed by atoms with Crippen LogP contribution in [0.15, 0.2) is 60.7 Å². The lowest BCUT2D eigenvalue weighted by Gasteiger charge is -2.31. The largest absolute Gasteiger partial charge is 0.481 e. The summed E-state index contributed by atoms with van der Waals surface area (Å²) in [5.41, 5.74) is 3.51. The molecule has 0 amide bonds. The zero-order valence-electron chi connectivity index (χ0n) is 17.3. The van der Waals surface area contributed by atoms with Crippen molar-refractivity contribution in [1.82, 2.24) is 9.97 Å². The maximum Gasteiger partial charge on any atom is 0.145 e. The number of H-pyrrole nitrogens is 1. The number of aromatic nitrogens is 2. The molecule has 1 aliphatic rings. The highest BCUT2D eigenvalue weighted by atomic mass is 35.5. The Morgan fingerprint density at radius 3 is 2.44 bits per heavy atom. The molecule has 1 N–H and O–H groups in total. The van der Waals surface area contributed by atoms with E-state index in [2.05, 4.69) is 16.8 Å². The molecule has 0 aliphatic carbocycles. The van der Waals surface area contributed by atoms with Gasteiger partial charge in [-0.1, -0.05) is 41.1 Å². The van der Waals surface area contributed by atoms with Gasteiger partial charge in [0.25, 0.3) is 0 Å². The highest BCUT2D eigenvalue weighted by Crippen LogP contribution is 2.45. The van der Waals surface area contributed by atoms with Gasteiger partial charge in [-0.25, -0.2) is 9.37 Å². The molecular weight excluding hydrogens is 446 g/mol. The van der Waals surface area contributed by atoms with Crippen LogP contribution in [0.2, 0.25) is 10.0 Å². The minimum absolute atomic E-state index is 0.242. The number of imidazole rings is 1. The molecule has 0 atom stereocenters. The van der Waals surface area contributed by atoms with Gasteiger partial charge in [0.05, 0.1) is 22.0 Å². The second kappa shape index (κ2) is 7.70. The minimum Gasteiger partial charge on any atom is -0.481 e. The average Bonchev–Trinajstić information content (AvgIpc) is 3.19. The number of halogens is 3. The molecule has 2 heterocycles. The molecule has 0 saturated carbocycles. The van der Waals surface area contributed by atoms with Crippen LogP contribution in [-0.4, -0.2) is 9.97 Å². The molecule has 32 heavy (non-hydrogen) atoms. The maximum absolute atomic E-state index is 14.5. The van der Waals surface area contributed by atoms with Crippen molar-refractivity contribution in [2.75, 3.05) is 0 Å². The highest BCUT2D eigenvalue weighted by molar-refractivity contribution is 6.33. The number of nitrogens with zero attached hydrogens (tertiary/aromatic N) is 1. The second-order valence-corrected chi connectivity index (χ2v) is 8.83. The Balaban J connectivity index is 1.57. The van der Waals surface area contributed by atoms with Gasteiger partial charge in [0.2, 0.25) is 0 Å². The number of hydrogen-bond donors (Lipinski definition) is 1. The molecule has 0 bridgehead atoms.